The second kappa shape index (κ2) is 9.81. The molecule has 35 heavy (non-hydrogen) atoms. The van der Waals surface area contributed by atoms with Crippen LogP contribution in [0.3, 0.4) is 0 Å². The molecule has 0 atom stereocenters. The van der Waals surface area contributed by atoms with Gasteiger partial charge in [-0.15, -0.1) is 0 Å². The lowest BCUT2D eigenvalue weighted by Crippen LogP contribution is -2.05. The highest BCUT2D eigenvalue weighted by Crippen LogP contribution is 2.40. The van der Waals surface area contributed by atoms with Crippen molar-refractivity contribution in [1.29, 1.82) is 0 Å². The van der Waals surface area contributed by atoms with Crippen LogP contribution >= 0.6 is 0 Å². The van der Waals surface area contributed by atoms with Gasteiger partial charge in [0.1, 0.15) is 24.8 Å². The maximum atomic E-state index is 14.2. The first-order valence-electron chi connectivity index (χ1n) is 11.0. The van der Waals surface area contributed by atoms with Gasteiger partial charge < -0.3 is 13.9 Å². The lowest BCUT2D eigenvalue weighted by Gasteiger charge is -2.16. The average molecular weight is 470 g/mol. The van der Waals surface area contributed by atoms with Crippen LogP contribution in [0.2, 0.25) is 0 Å². The monoisotopic (exact) mass is 470 g/mol. The second-order valence-corrected chi connectivity index (χ2v) is 7.87. The predicted octanol–water partition coefficient (Wildman–Crippen LogP) is 6.90. The van der Waals surface area contributed by atoms with Crippen molar-refractivity contribution < 1.29 is 22.7 Å². The maximum Gasteiger partial charge on any atom is 0.336 e. The summed E-state index contributed by atoms with van der Waals surface area (Å²) >= 11 is 0. The van der Waals surface area contributed by atoms with Crippen molar-refractivity contribution in [3.63, 3.8) is 0 Å². The minimum atomic E-state index is -0.571. The summed E-state index contributed by atoms with van der Waals surface area (Å²) < 4.78 is 45.8. The summed E-state index contributed by atoms with van der Waals surface area (Å²) in [6.45, 7) is -0.196. The second-order valence-electron chi connectivity index (χ2n) is 7.87. The zero-order valence-electron chi connectivity index (χ0n) is 18.5. The first kappa shape index (κ1) is 22.3. The Morgan fingerprint density at radius 2 is 1.29 bits per heavy atom. The van der Waals surface area contributed by atoms with Crippen LogP contribution in [-0.2, 0) is 13.2 Å². The average Bonchev–Trinajstić information content (AvgIpc) is 2.88. The molecular weight excluding hydrogens is 450 g/mol. The van der Waals surface area contributed by atoms with Gasteiger partial charge in [0, 0.05) is 22.6 Å². The minimum Gasteiger partial charge on any atom is -0.485 e. The third-order valence-electron chi connectivity index (χ3n) is 5.59. The highest BCUT2D eigenvalue weighted by Gasteiger charge is 2.19. The van der Waals surface area contributed by atoms with Gasteiger partial charge in [0.05, 0.1) is 0 Å². The van der Waals surface area contributed by atoms with Crippen LogP contribution in [0.25, 0.3) is 22.1 Å². The molecule has 0 amide bonds. The molecule has 4 nitrogen and oxygen atoms in total. The van der Waals surface area contributed by atoms with E-state index in [1.165, 1.54) is 18.2 Å². The molecule has 0 saturated heterocycles. The Morgan fingerprint density at radius 3 is 1.94 bits per heavy atom. The fourth-order valence-electron chi connectivity index (χ4n) is 3.83. The summed E-state index contributed by atoms with van der Waals surface area (Å²) in [6, 6.07) is 26.7. The van der Waals surface area contributed by atoms with Crippen LogP contribution in [0.4, 0.5) is 8.78 Å². The van der Waals surface area contributed by atoms with Gasteiger partial charge in [-0.3, -0.25) is 0 Å². The normalized spacial score (nSPS) is 10.9. The lowest BCUT2D eigenvalue weighted by atomic mass is 10.0. The molecule has 0 aliphatic carbocycles. The van der Waals surface area contributed by atoms with Crippen molar-refractivity contribution in [3.05, 3.63) is 130 Å². The molecule has 1 heterocycles. The SMILES string of the molecule is O=c1cc(-c2ccccc2)c2ccc(OCc3ccccc3F)c(OCc3ccccc3F)c2o1. The number of hydrogen-bond donors (Lipinski definition) is 0. The van der Waals surface area contributed by atoms with E-state index in [9.17, 15) is 13.6 Å². The molecule has 0 aliphatic rings. The first-order chi connectivity index (χ1) is 17.1. The Morgan fingerprint density at radius 1 is 0.686 bits per heavy atom. The third-order valence-corrected chi connectivity index (χ3v) is 5.59. The van der Waals surface area contributed by atoms with Gasteiger partial charge in [0.15, 0.2) is 11.3 Å². The zero-order chi connectivity index (χ0) is 24.2. The van der Waals surface area contributed by atoms with E-state index in [-0.39, 0.29) is 30.3 Å². The number of ether oxygens (including phenoxy) is 2. The van der Waals surface area contributed by atoms with E-state index in [4.69, 9.17) is 13.9 Å². The summed E-state index contributed by atoms with van der Waals surface area (Å²) in [6.07, 6.45) is 0. The standard InChI is InChI=1S/C29H20F2O4/c30-24-12-6-4-10-20(24)17-33-26-15-14-22-23(19-8-2-1-3-9-19)16-27(32)35-28(22)29(26)34-18-21-11-5-7-13-25(21)31/h1-16H,17-18H2. The summed E-state index contributed by atoms with van der Waals surface area (Å²) in [5.41, 5.74) is 1.76. The van der Waals surface area contributed by atoms with Gasteiger partial charge in [-0.1, -0.05) is 66.7 Å². The molecule has 174 valence electrons. The fraction of sp³-hybridized carbons (Fsp3) is 0.0690. The molecule has 0 unspecified atom stereocenters. The zero-order valence-corrected chi connectivity index (χ0v) is 18.5. The van der Waals surface area contributed by atoms with Gasteiger partial charge in [-0.2, -0.15) is 0 Å². The van der Waals surface area contributed by atoms with Crippen molar-refractivity contribution in [1.82, 2.24) is 0 Å². The van der Waals surface area contributed by atoms with Crippen LogP contribution in [0.1, 0.15) is 11.1 Å². The molecule has 1 aromatic heterocycles. The van der Waals surface area contributed by atoms with Crippen molar-refractivity contribution in [2.45, 2.75) is 13.2 Å². The van der Waals surface area contributed by atoms with E-state index >= 15 is 0 Å². The van der Waals surface area contributed by atoms with Crippen molar-refractivity contribution in [3.8, 4) is 22.6 Å². The smallest absolute Gasteiger partial charge is 0.336 e. The molecule has 0 bridgehead atoms. The Hall–Kier alpha value is -4.45. The van der Waals surface area contributed by atoms with E-state index in [1.807, 2.05) is 30.3 Å². The van der Waals surface area contributed by atoms with Crippen LogP contribution in [0.15, 0.2) is 106 Å². The Bertz CT molecular complexity index is 1540. The molecule has 6 heteroatoms. The van der Waals surface area contributed by atoms with Crippen molar-refractivity contribution >= 4 is 11.0 Å². The number of hydrogen-bond acceptors (Lipinski definition) is 4. The molecule has 0 N–H and O–H groups in total. The van der Waals surface area contributed by atoms with Crippen LogP contribution in [0, 0.1) is 11.6 Å². The molecule has 5 aromatic rings. The van der Waals surface area contributed by atoms with Gasteiger partial charge >= 0.3 is 5.63 Å². The number of halogens is 2. The molecule has 0 saturated carbocycles. The van der Waals surface area contributed by atoms with E-state index in [1.54, 1.807) is 48.5 Å². The van der Waals surface area contributed by atoms with Crippen LogP contribution in [-0.4, -0.2) is 0 Å². The van der Waals surface area contributed by atoms with Crippen molar-refractivity contribution in [2.75, 3.05) is 0 Å². The van der Waals surface area contributed by atoms with E-state index < -0.39 is 17.3 Å². The van der Waals surface area contributed by atoms with E-state index in [2.05, 4.69) is 0 Å². The van der Waals surface area contributed by atoms with Crippen molar-refractivity contribution in [2.24, 2.45) is 0 Å². The Balaban J connectivity index is 1.61. The highest BCUT2D eigenvalue weighted by atomic mass is 19.1. The van der Waals surface area contributed by atoms with Gasteiger partial charge in [-0.25, -0.2) is 13.6 Å². The number of rotatable bonds is 7. The summed E-state index contributed by atoms with van der Waals surface area (Å²) in [4.78, 5) is 12.5. The molecule has 0 fully saturated rings. The number of fused-ring (bicyclic) bond motifs is 1. The Labute approximate surface area is 200 Å². The minimum absolute atomic E-state index is 0.0726. The van der Waals surface area contributed by atoms with E-state index in [0.717, 1.165) is 5.56 Å². The van der Waals surface area contributed by atoms with Gasteiger partial charge in [0.25, 0.3) is 0 Å². The largest absolute Gasteiger partial charge is 0.485 e. The van der Waals surface area contributed by atoms with Gasteiger partial charge in [0.2, 0.25) is 5.75 Å². The lowest BCUT2D eigenvalue weighted by molar-refractivity contribution is 0.250. The quantitative estimate of drug-likeness (QED) is 0.243. The predicted molar refractivity (Wildman–Crippen MR) is 129 cm³/mol. The summed E-state index contributed by atoms with van der Waals surface area (Å²) in [7, 11) is 0. The molecular formula is C29H20F2O4. The fourth-order valence-corrected chi connectivity index (χ4v) is 3.83. The molecule has 5 rings (SSSR count). The molecule has 0 aliphatic heterocycles. The third kappa shape index (κ3) is 4.77. The topological polar surface area (TPSA) is 48.7 Å². The maximum absolute atomic E-state index is 14.2. The number of benzene rings is 4. The molecule has 4 aromatic carbocycles. The highest BCUT2D eigenvalue weighted by molar-refractivity contribution is 5.97. The summed E-state index contributed by atoms with van der Waals surface area (Å²) in [5, 5.41) is 0.623. The van der Waals surface area contributed by atoms with Crippen LogP contribution < -0.4 is 15.1 Å². The molecule has 0 radical (unpaired) electrons. The van der Waals surface area contributed by atoms with Gasteiger partial charge in [-0.05, 0) is 35.4 Å². The summed E-state index contributed by atoms with van der Waals surface area (Å²) in [5.74, 6) is -0.449. The Kier molecular flexibility index (Phi) is 6.26. The van der Waals surface area contributed by atoms with E-state index in [0.29, 0.717) is 22.1 Å². The van der Waals surface area contributed by atoms with Crippen LogP contribution in [0.5, 0.6) is 11.5 Å². The first-order valence-corrected chi connectivity index (χ1v) is 11.0. The molecule has 0 spiro atoms.